The van der Waals surface area contributed by atoms with Gasteiger partial charge in [-0.1, -0.05) is 0 Å². The molecule has 25 heavy (non-hydrogen) atoms. The number of H-pyrrole nitrogens is 2. The zero-order chi connectivity index (χ0) is 17.1. The van der Waals surface area contributed by atoms with Gasteiger partial charge in [0.25, 0.3) is 0 Å². The number of hydrogen-bond donors (Lipinski definition) is 3. The van der Waals surface area contributed by atoms with E-state index in [1.807, 2.05) is 0 Å². The molecule has 9 heteroatoms. The molecule has 4 heterocycles. The third-order valence-electron chi connectivity index (χ3n) is 4.62. The van der Waals surface area contributed by atoms with Crippen molar-refractivity contribution in [3.8, 4) is 0 Å². The minimum atomic E-state index is 0.0529. The first-order valence-electron chi connectivity index (χ1n) is 8.45. The average Bonchev–Trinajstić information content (AvgIpc) is 3.33. The normalized spacial score (nSPS) is 15.6. The van der Waals surface area contributed by atoms with Crippen LogP contribution in [0.15, 0.2) is 25.2 Å². The quantitative estimate of drug-likeness (QED) is 0.628. The van der Waals surface area contributed by atoms with Crippen molar-refractivity contribution in [1.82, 2.24) is 35.2 Å². The van der Waals surface area contributed by atoms with Gasteiger partial charge in [0.05, 0.1) is 12.7 Å². The van der Waals surface area contributed by atoms with E-state index in [4.69, 9.17) is 0 Å². The van der Waals surface area contributed by atoms with Crippen molar-refractivity contribution < 1.29 is 4.79 Å². The Labute approximate surface area is 144 Å². The Balaban J connectivity index is 1.30. The van der Waals surface area contributed by atoms with Crippen LogP contribution in [0.2, 0.25) is 0 Å². The Morgan fingerprint density at radius 3 is 2.88 bits per heavy atom. The fourth-order valence-corrected chi connectivity index (χ4v) is 3.23. The summed E-state index contributed by atoms with van der Waals surface area (Å²) >= 11 is 0. The third kappa shape index (κ3) is 3.30. The minimum Gasteiger partial charge on any atom is -0.355 e. The van der Waals surface area contributed by atoms with E-state index in [9.17, 15) is 4.79 Å². The number of nitrogens with one attached hydrogen (secondary N) is 3. The molecule has 3 aromatic rings. The molecule has 0 saturated carbocycles. The van der Waals surface area contributed by atoms with E-state index in [2.05, 4.69) is 40.1 Å². The van der Waals surface area contributed by atoms with E-state index in [-0.39, 0.29) is 11.8 Å². The summed E-state index contributed by atoms with van der Waals surface area (Å²) in [7, 11) is 0. The number of carbonyl (C=O) groups excluding carboxylic acids is 1. The zero-order valence-electron chi connectivity index (χ0n) is 13.8. The summed E-state index contributed by atoms with van der Waals surface area (Å²) in [5.41, 5.74) is 2.55. The first-order chi connectivity index (χ1) is 12.3. The van der Waals surface area contributed by atoms with Gasteiger partial charge in [-0.3, -0.25) is 4.79 Å². The number of fused-ring (bicyclic) bond motifs is 1. The molecule has 0 unspecified atom stereocenters. The van der Waals surface area contributed by atoms with Crippen LogP contribution < -0.4 is 10.2 Å². The van der Waals surface area contributed by atoms with Gasteiger partial charge < -0.3 is 20.2 Å². The number of nitrogens with zero attached hydrogens (tertiary/aromatic N) is 5. The second-order valence-electron chi connectivity index (χ2n) is 6.18. The lowest BCUT2D eigenvalue weighted by Gasteiger charge is -2.32. The van der Waals surface area contributed by atoms with E-state index in [0.29, 0.717) is 12.2 Å². The molecule has 0 aliphatic carbocycles. The van der Waals surface area contributed by atoms with Crippen molar-refractivity contribution >= 4 is 22.9 Å². The SMILES string of the molecule is O=C(NCCc1cnc[nH]1)C1CCN(c2ncnc3nc[nH]c23)CC1. The Kier molecular flexibility index (Phi) is 4.28. The van der Waals surface area contributed by atoms with Gasteiger partial charge in [-0.15, -0.1) is 0 Å². The van der Waals surface area contributed by atoms with E-state index < -0.39 is 0 Å². The van der Waals surface area contributed by atoms with Crippen molar-refractivity contribution in [2.45, 2.75) is 19.3 Å². The van der Waals surface area contributed by atoms with Crippen LogP contribution in [0.4, 0.5) is 5.82 Å². The highest BCUT2D eigenvalue weighted by Crippen LogP contribution is 2.25. The molecular weight excluding hydrogens is 320 g/mol. The Hall–Kier alpha value is -2.97. The molecule has 3 aromatic heterocycles. The average molecular weight is 340 g/mol. The highest BCUT2D eigenvalue weighted by molar-refractivity contribution is 5.83. The lowest BCUT2D eigenvalue weighted by atomic mass is 9.96. The molecular formula is C16H20N8O. The van der Waals surface area contributed by atoms with Crippen LogP contribution in [0, 0.1) is 5.92 Å². The van der Waals surface area contributed by atoms with Crippen molar-refractivity contribution in [3.63, 3.8) is 0 Å². The van der Waals surface area contributed by atoms with Gasteiger partial charge in [0.1, 0.15) is 11.8 Å². The molecule has 1 amide bonds. The van der Waals surface area contributed by atoms with Crippen LogP contribution >= 0.6 is 0 Å². The van der Waals surface area contributed by atoms with Crippen molar-refractivity contribution in [2.75, 3.05) is 24.5 Å². The van der Waals surface area contributed by atoms with Gasteiger partial charge >= 0.3 is 0 Å². The van der Waals surface area contributed by atoms with E-state index >= 15 is 0 Å². The highest BCUT2D eigenvalue weighted by atomic mass is 16.1. The molecule has 1 fully saturated rings. The smallest absolute Gasteiger partial charge is 0.223 e. The minimum absolute atomic E-state index is 0.0529. The monoisotopic (exact) mass is 340 g/mol. The summed E-state index contributed by atoms with van der Waals surface area (Å²) in [6.45, 7) is 2.22. The number of aromatic amines is 2. The number of rotatable bonds is 5. The number of hydrogen-bond acceptors (Lipinski definition) is 6. The second-order valence-corrected chi connectivity index (χ2v) is 6.18. The van der Waals surface area contributed by atoms with Gasteiger partial charge in [-0.25, -0.2) is 19.9 Å². The maximum atomic E-state index is 12.3. The van der Waals surface area contributed by atoms with Gasteiger partial charge in [0.15, 0.2) is 11.5 Å². The van der Waals surface area contributed by atoms with E-state index in [0.717, 1.165) is 49.4 Å². The number of imidazole rings is 2. The molecule has 0 atom stereocenters. The fraction of sp³-hybridized carbons (Fsp3) is 0.438. The molecule has 1 saturated heterocycles. The van der Waals surface area contributed by atoms with Gasteiger partial charge in [0.2, 0.25) is 5.91 Å². The molecule has 3 N–H and O–H groups in total. The number of carbonyl (C=O) groups is 1. The lowest BCUT2D eigenvalue weighted by Crippen LogP contribution is -2.41. The molecule has 4 rings (SSSR count). The largest absolute Gasteiger partial charge is 0.355 e. The van der Waals surface area contributed by atoms with Crippen molar-refractivity contribution in [1.29, 1.82) is 0 Å². The van der Waals surface area contributed by atoms with E-state index in [1.165, 1.54) is 6.33 Å². The maximum Gasteiger partial charge on any atom is 0.223 e. The Bertz CT molecular complexity index is 835. The fourth-order valence-electron chi connectivity index (χ4n) is 3.23. The second kappa shape index (κ2) is 6.88. The predicted molar refractivity (Wildman–Crippen MR) is 91.9 cm³/mol. The number of anilines is 1. The van der Waals surface area contributed by atoms with Crippen LogP contribution in [0.1, 0.15) is 18.5 Å². The van der Waals surface area contributed by atoms with E-state index in [1.54, 1.807) is 18.9 Å². The third-order valence-corrected chi connectivity index (χ3v) is 4.62. The Morgan fingerprint density at radius 2 is 2.08 bits per heavy atom. The van der Waals surface area contributed by atoms with Crippen LogP contribution in [0.5, 0.6) is 0 Å². The highest BCUT2D eigenvalue weighted by Gasteiger charge is 2.26. The zero-order valence-corrected chi connectivity index (χ0v) is 13.8. The molecule has 0 bridgehead atoms. The molecule has 0 radical (unpaired) electrons. The summed E-state index contributed by atoms with van der Waals surface area (Å²) < 4.78 is 0. The van der Waals surface area contributed by atoms with Crippen LogP contribution in [-0.4, -0.2) is 55.4 Å². The molecule has 9 nitrogen and oxygen atoms in total. The van der Waals surface area contributed by atoms with Crippen molar-refractivity contribution in [3.05, 3.63) is 30.9 Å². The molecule has 130 valence electrons. The van der Waals surface area contributed by atoms with Crippen LogP contribution in [0.25, 0.3) is 11.2 Å². The summed E-state index contributed by atoms with van der Waals surface area (Å²) in [6.07, 6.45) is 8.99. The van der Waals surface area contributed by atoms with Gasteiger partial charge in [-0.2, -0.15) is 0 Å². The van der Waals surface area contributed by atoms with Crippen molar-refractivity contribution in [2.24, 2.45) is 5.92 Å². The standard InChI is InChI=1S/C16H20N8O/c25-16(18-4-1-12-7-17-8-19-12)11-2-5-24(6-3-11)15-13-14(21-9-20-13)22-10-23-15/h7-11H,1-6H2,(H,17,19)(H,18,25)(H,20,21,22,23). The van der Waals surface area contributed by atoms with Gasteiger partial charge in [-0.05, 0) is 12.8 Å². The topological polar surface area (TPSA) is 115 Å². The molecule has 1 aliphatic heterocycles. The first kappa shape index (κ1) is 15.6. The van der Waals surface area contributed by atoms with Crippen LogP contribution in [-0.2, 0) is 11.2 Å². The number of piperidine rings is 1. The molecule has 0 aromatic carbocycles. The molecule has 0 spiro atoms. The summed E-state index contributed by atoms with van der Waals surface area (Å²) in [6, 6.07) is 0. The van der Waals surface area contributed by atoms with Gasteiger partial charge in [0, 0.05) is 43.9 Å². The maximum absolute atomic E-state index is 12.3. The number of aromatic nitrogens is 6. The summed E-state index contributed by atoms with van der Waals surface area (Å²) in [5, 5.41) is 3.02. The number of amides is 1. The summed E-state index contributed by atoms with van der Waals surface area (Å²) in [5.74, 6) is 1.05. The first-order valence-corrected chi connectivity index (χ1v) is 8.45. The molecule has 1 aliphatic rings. The Morgan fingerprint density at radius 1 is 1.20 bits per heavy atom. The predicted octanol–water partition coefficient (Wildman–Crippen LogP) is 0.651. The van der Waals surface area contributed by atoms with Crippen LogP contribution in [0.3, 0.4) is 0 Å². The summed E-state index contributed by atoms with van der Waals surface area (Å²) in [4.78, 5) is 37.3. The lowest BCUT2D eigenvalue weighted by molar-refractivity contribution is -0.125.